The predicted octanol–water partition coefficient (Wildman–Crippen LogP) is 0.938. The lowest BCUT2D eigenvalue weighted by Gasteiger charge is -1.98. The average Bonchev–Trinajstić information content (AvgIpc) is 3.08. The molecule has 3 rings (SSSR count). The highest BCUT2D eigenvalue weighted by atomic mass is 79.9. The van der Waals surface area contributed by atoms with E-state index >= 15 is 0 Å². The second-order valence-electron chi connectivity index (χ2n) is 3.80. The van der Waals surface area contributed by atoms with Crippen LogP contribution in [0.5, 0.6) is 0 Å². The highest BCUT2D eigenvalue weighted by Gasteiger charge is 2.15. The van der Waals surface area contributed by atoms with Crippen molar-refractivity contribution in [2.75, 3.05) is 0 Å². The molecule has 20 heavy (non-hydrogen) atoms. The van der Waals surface area contributed by atoms with Crippen LogP contribution in [0.4, 0.5) is 0 Å². The molecule has 0 radical (unpaired) electrons. The number of nitrogens with zero attached hydrogens (tertiary/aromatic N) is 6. The summed E-state index contributed by atoms with van der Waals surface area (Å²) in [6.07, 6.45) is 6.58. The molecule has 3 aromatic rings. The summed E-state index contributed by atoms with van der Waals surface area (Å²) in [5, 5.41) is 11.1. The Morgan fingerprint density at radius 1 is 1.50 bits per heavy atom. The van der Waals surface area contributed by atoms with Crippen LogP contribution in [0.3, 0.4) is 0 Å². The molecule has 3 aromatic heterocycles. The van der Waals surface area contributed by atoms with E-state index in [2.05, 4.69) is 42.1 Å². The van der Waals surface area contributed by atoms with Gasteiger partial charge in [0.15, 0.2) is 5.65 Å². The highest BCUT2D eigenvalue weighted by molar-refractivity contribution is 9.08. The van der Waals surface area contributed by atoms with Gasteiger partial charge in [0.2, 0.25) is 0 Å². The average molecular weight is 351 g/mol. The standard InChI is InChI=1S/C11H7BrN6OS/c1-2-3-18-11(19)17-6-13-8(9(17)15-16-18)10-14-7(4-12)5-20-10/h1,5-6H,3-4H2. The van der Waals surface area contributed by atoms with Gasteiger partial charge in [0, 0.05) is 10.7 Å². The minimum absolute atomic E-state index is 0.0697. The summed E-state index contributed by atoms with van der Waals surface area (Å²) in [6.45, 7) is 0.0697. The normalized spacial score (nSPS) is 10.8. The molecule has 9 heteroatoms. The van der Waals surface area contributed by atoms with Crippen LogP contribution in [0.1, 0.15) is 5.69 Å². The zero-order valence-electron chi connectivity index (χ0n) is 10.0. The molecule has 0 aromatic carbocycles. The molecule has 0 aliphatic carbocycles. The van der Waals surface area contributed by atoms with Gasteiger partial charge in [-0.1, -0.05) is 27.1 Å². The maximum Gasteiger partial charge on any atom is 0.353 e. The zero-order chi connectivity index (χ0) is 14.1. The third-order valence-corrected chi connectivity index (χ3v) is 4.02. The van der Waals surface area contributed by atoms with Crippen LogP contribution < -0.4 is 5.69 Å². The molecule has 0 fully saturated rings. The van der Waals surface area contributed by atoms with E-state index in [-0.39, 0.29) is 12.2 Å². The third kappa shape index (κ3) is 2.03. The Bertz CT molecular complexity index is 873. The van der Waals surface area contributed by atoms with E-state index in [1.807, 2.05) is 5.38 Å². The Kier molecular flexibility index (Phi) is 3.33. The molecular weight excluding hydrogens is 344 g/mol. The van der Waals surface area contributed by atoms with Crippen molar-refractivity contribution in [3.63, 3.8) is 0 Å². The quantitative estimate of drug-likeness (QED) is 0.518. The number of aromatic nitrogens is 6. The molecule has 0 atom stereocenters. The number of fused-ring (bicyclic) bond motifs is 1. The minimum Gasteiger partial charge on any atom is -0.245 e. The number of terminal acetylenes is 1. The third-order valence-electron chi connectivity index (χ3n) is 2.55. The van der Waals surface area contributed by atoms with E-state index < -0.39 is 0 Å². The van der Waals surface area contributed by atoms with Crippen LogP contribution in [0.15, 0.2) is 16.5 Å². The Balaban J connectivity index is 2.17. The summed E-state index contributed by atoms with van der Waals surface area (Å²) >= 11 is 4.78. The first kappa shape index (κ1) is 13.0. The largest absolute Gasteiger partial charge is 0.353 e. The summed E-state index contributed by atoms with van der Waals surface area (Å²) in [7, 11) is 0. The van der Waals surface area contributed by atoms with Crippen LogP contribution in [0.2, 0.25) is 0 Å². The van der Waals surface area contributed by atoms with Gasteiger partial charge >= 0.3 is 5.69 Å². The fourth-order valence-corrected chi connectivity index (χ4v) is 2.96. The number of rotatable bonds is 3. The first-order chi connectivity index (χ1) is 9.74. The van der Waals surface area contributed by atoms with Gasteiger partial charge in [-0.2, -0.15) is 4.68 Å². The second kappa shape index (κ2) is 5.15. The smallest absolute Gasteiger partial charge is 0.245 e. The van der Waals surface area contributed by atoms with E-state index in [9.17, 15) is 4.79 Å². The molecule has 0 spiro atoms. The number of hydrogen-bond donors (Lipinski definition) is 0. The van der Waals surface area contributed by atoms with Gasteiger partial charge in [0.1, 0.15) is 23.6 Å². The molecule has 0 N–H and O–H groups in total. The number of thiazole rings is 1. The van der Waals surface area contributed by atoms with Crippen LogP contribution in [0.25, 0.3) is 16.3 Å². The van der Waals surface area contributed by atoms with Crippen LogP contribution in [-0.4, -0.2) is 29.4 Å². The molecule has 0 unspecified atom stereocenters. The van der Waals surface area contributed by atoms with Gasteiger partial charge in [-0.15, -0.1) is 22.9 Å². The second-order valence-corrected chi connectivity index (χ2v) is 5.22. The molecule has 3 heterocycles. The van der Waals surface area contributed by atoms with Crippen molar-refractivity contribution in [1.82, 2.24) is 29.4 Å². The SMILES string of the molecule is C#CCn1nnc2c(-c3nc(CBr)cs3)ncn2c1=O. The van der Waals surface area contributed by atoms with Crippen LogP contribution >= 0.6 is 27.3 Å². The lowest BCUT2D eigenvalue weighted by atomic mass is 10.4. The van der Waals surface area contributed by atoms with Gasteiger partial charge in [-0.25, -0.2) is 19.2 Å². The van der Waals surface area contributed by atoms with E-state index in [0.717, 1.165) is 10.4 Å². The maximum atomic E-state index is 12.1. The Morgan fingerprint density at radius 3 is 3.05 bits per heavy atom. The lowest BCUT2D eigenvalue weighted by Crippen LogP contribution is -2.29. The Labute approximate surface area is 125 Å². The maximum absolute atomic E-state index is 12.1. The van der Waals surface area contributed by atoms with Crippen molar-refractivity contribution in [1.29, 1.82) is 0 Å². The predicted molar refractivity (Wildman–Crippen MR) is 77.6 cm³/mol. The molecule has 0 aliphatic heterocycles. The summed E-state index contributed by atoms with van der Waals surface area (Å²) in [6, 6.07) is 0. The molecule has 7 nitrogen and oxygen atoms in total. The van der Waals surface area contributed by atoms with Crippen molar-refractivity contribution in [3.8, 4) is 23.0 Å². The van der Waals surface area contributed by atoms with E-state index in [4.69, 9.17) is 6.42 Å². The highest BCUT2D eigenvalue weighted by Crippen LogP contribution is 2.25. The first-order valence-corrected chi connectivity index (χ1v) is 7.49. The molecule has 0 aliphatic rings. The fourth-order valence-electron chi connectivity index (χ4n) is 1.65. The van der Waals surface area contributed by atoms with Gasteiger partial charge in [0.05, 0.1) is 5.69 Å². The van der Waals surface area contributed by atoms with Crippen molar-refractivity contribution in [3.05, 3.63) is 27.9 Å². The van der Waals surface area contributed by atoms with Gasteiger partial charge < -0.3 is 0 Å². The molecule has 0 amide bonds. The summed E-state index contributed by atoms with van der Waals surface area (Å²) < 4.78 is 2.42. The van der Waals surface area contributed by atoms with Gasteiger partial charge in [0.25, 0.3) is 0 Å². The van der Waals surface area contributed by atoms with Crippen molar-refractivity contribution >= 4 is 32.9 Å². The first-order valence-electron chi connectivity index (χ1n) is 5.49. The number of alkyl halides is 1. The van der Waals surface area contributed by atoms with Gasteiger partial charge in [-0.3, -0.25) is 0 Å². The molecule has 0 bridgehead atoms. The van der Waals surface area contributed by atoms with Crippen molar-refractivity contribution < 1.29 is 0 Å². The number of halogens is 1. The molecular formula is C11H7BrN6OS. The summed E-state index contributed by atoms with van der Waals surface area (Å²) in [5.41, 5.74) is 1.45. The molecule has 100 valence electrons. The topological polar surface area (TPSA) is 78.0 Å². The zero-order valence-corrected chi connectivity index (χ0v) is 12.4. The van der Waals surface area contributed by atoms with Crippen molar-refractivity contribution in [2.45, 2.75) is 11.9 Å². The van der Waals surface area contributed by atoms with E-state index in [1.165, 1.54) is 22.1 Å². The summed E-state index contributed by atoms with van der Waals surface area (Å²) in [4.78, 5) is 20.7. The molecule has 0 saturated carbocycles. The van der Waals surface area contributed by atoms with Crippen LogP contribution in [0, 0.1) is 12.3 Å². The minimum atomic E-state index is -0.371. The monoisotopic (exact) mass is 350 g/mol. The molecule has 0 saturated heterocycles. The summed E-state index contributed by atoms with van der Waals surface area (Å²) in [5.74, 6) is 2.35. The van der Waals surface area contributed by atoms with Crippen molar-refractivity contribution in [2.24, 2.45) is 0 Å². The van der Waals surface area contributed by atoms with E-state index in [0.29, 0.717) is 21.7 Å². The van der Waals surface area contributed by atoms with E-state index in [1.54, 1.807) is 0 Å². The Hall–Kier alpha value is -2.05. The number of imidazole rings is 1. The number of hydrogen-bond acceptors (Lipinski definition) is 6. The fraction of sp³-hybridized carbons (Fsp3) is 0.182. The van der Waals surface area contributed by atoms with Gasteiger partial charge in [-0.05, 0) is 0 Å². The lowest BCUT2D eigenvalue weighted by molar-refractivity contribution is 0.577. The van der Waals surface area contributed by atoms with Crippen LogP contribution in [-0.2, 0) is 11.9 Å². The Morgan fingerprint density at radius 2 is 2.35 bits per heavy atom.